The van der Waals surface area contributed by atoms with Gasteiger partial charge in [0.25, 0.3) is 0 Å². The Kier molecular flexibility index (Phi) is 5.54. The van der Waals surface area contributed by atoms with E-state index in [1.807, 2.05) is 13.8 Å². The topological polar surface area (TPSA) is 20.2 Å². The first-order chi connectivity index (χ1) is 8.81. The average molecular weight is 266 g/mol. The van der Waals surface area contributed by atoms with Crippen LogP contribution in [0.5, 0.6) is 0 Å². The van der Waals surface area contributed by atoms with E-state index in [-0.39, 0.29) is 11.7 Å². The van der Waals surface area contributed by atoms with Crippen molar-refractivity contribution >= 4 is 0 Å². The van der Waals surface area contributed by atoms with Crippen LogP contribution in [0.25, 0.3) is 0 Å². The van der Waals surface area contributed by atoms with E-state index in [9.17, 15) is 9.50 Å². The summed E-state index contributed by atoms with van der Waals surface area (Å²) in [7, 11) is 0. The van der Waals surface area contributed by atoms with Gasteiger partial charge in [-0.2, -0.15) is 0 Å². The highest BCUT2D eigenvalue weighted by molar-refractivity contribution is 5.44. The molecular formula is C17H27FO. The monoisotopic (exact) mass is 266 g/mol. The van der Waals surface area contributed by atoms with Crippen molar-refractivity contribution in [3.63, 3.8) is 0 Å². The van der Waals surface area contributed by atoms with Gasteiger partial charge in [0.05, 0.1) is 6.10 Å². The lowest BCUT2D eigenvalue weighted by Gasteiger charge is -2.23. The predicted molar refractivity (Wildman–Crippen MR) is 79.2 cm³/mol. The summed E-state index contributed by atoms with van der Waals surface area (Å²) in [6.45, 7) is 12.0. The molecule has 1 atom stereocenters. The normalized spacial score (nSPS) is 13.4. The summed E-state index contributed by atoms with van der Waals surface area (Å²) in [5, 5.41) is 9.92. The minimum absolute atomic E-state index is 0.188. The highest BCUT2D eigenvalue weighted by atomic mass is 19.1. The lowest BCUT2D eigenvalue weighted by Crippen LogP contribution is -2.11. The molecule has 0 spiro atoms. The van der Waals surface area contributed by atoms with Crippen molar-refractivity contribution in [3.05, 3.63) is 34.1 Å². The number of aliphatic hydroxyl groups is 1. The molecule has 0 heterocycles. The molecule has 0 amide bonds. The van der Waals surface area contributed by atoms with Crippen LogP contribution in [-0.4, -0.2) is 5.11 Å². The van der Waals surface area contributed by atoms with Crippen LogP contribution in [0.4, 0.5) is 4.39 Å². The third-order valence-electron chi connectivity index (χ3n) is 3.63. The number of benzene rings is 1. The lowest BCUT2D eigenvalue weighted by atomic mass is 9.84. The Balaban J connectivity index is 3.60. The number of aliphatic hydroxyl groups excluding tert-OH is 1. The second-order valence-corrected chi connectivity index (χ2v) is 6.00. The quantitative estimate of drug-likeness (QED) is 0.788. The zero-order chi connectivity index (χ0) is 14.7. The zero-order valence-electron chi connectivity index (χ0n) is 13.0. The van der Waals surface area contributed by atoms with Crippen LogP contribution in [0.15, 0.2) is 6.07 Å². The van der Waals surface area contributed by atoms with E-state index in [1.165, 1.54) is 0 Å². The second kappa shape index (κ2) is 6.51. The molecule has 1 unspecified atom stereocenters. The van der Waals surface area contributed by atoms with E-state index in [0.717, 1.165) is 29.5 Å². The molecule has 0 fully saturated rings. The molecule has 0 aliphatic heterocycles. The maximum atomic E-state index is 14.8. The molecule has 0 bridgehead atoms. The molecule has 1 N–H and O–H groups in total. The molecule has 2 heteroatoms. The van der Waals surface area contributed by atoms with Crippen LogP contribution < -0.4 is 0 Å². The molecule has 0 aromatic heterocycles. The van der Waals surface area contributed by atoms with E-state index in [2.05, 4.69) is 26.8 Å². The van der Waals surface area contributed by atoms with Gasteiger partial charge in [0.1, 0.15) is 5.82 Å². The van der Waals surface area contributed by atoms with Gasteiger partial charge >= 0.3 is 0 Å². The molecule has 108 valence electrons. The summed E-state index contributed by atoms with van der Waals surface area (Å²) in [4.78, 5) is 0. The minimum atomic E-state index is -0.755. The van der Waals surface area contributed by atoms with Gasteiger partial charge in [0, 0.05) is 5.56 Å². The fourth-order valence-electron chi connectivity index (χ4n) is 2.67. The molecule has 1 aromatic carbocycles. The molecule has 1 aromatic rings. The molecule has 1 rings (SSSR count). The van der Waals surface area contributed by atoms with Gasteiger partial charge in [-0.1, -0.05) is 47.1 Å². The predicted octanol–water partition coefficient (Wildman–Crippen LogP) is 5.08. The maximum absolute atomic E-state index is 14.8. The third-order valence-corrected chi connectivity index (χ3v) is 3.63. The van der Waals surface area contributed by atoms with Crippen LogP contribution in [0.3, 0.4) is 0 Å². The van der Waals surface area contributed by atoms with Crippen molar-refractivity contribution in [2.24, 2.45) is 0 Å². The first kappa shape index (κ1) is 16.2. The Bertz CT molecular complexity index is 433. The van der Waals surface area contributed by atoms with Gasteiger partial charge in [-0.15, -0.1) is 0 Å². The van der Waals surface area contributed by atoms with Crippen LogP contribution in [0.2, 0.25) is 0 Å². The summed E-state index contributed by atoms with van der Waals surface area (Å²) in [6, 6.07) is 2.10. The first-order valence-electron chi connectivity index (χ1n) is 7.34. The molecule has 0 radical (unpaired) electrons. The zero-order valence-corrected chi connectivity index (χ0v) is 13.0. The van der Waals surface area contributed by atoms with E-state index in [0.29, 0.717) is 11.5 Å². The minimum Gasteiger partial charge on any atom is -0.389 e. The van der Waals surface area contributed by atoms with Crippen LogP contribution in [-0.2, 0) is 6.42 Å². The van der Waals surface area contributed by atoms with Crippen LogP contribution >= 0.6 is 0 Å². The van der Waals surface area contributed by atoms with Crippen LogP contribution in [0.1, 0.15) is 88.2 Å². The summed E-state index contributed by atoms with van der Waals surface area (Å²) >= 11 is 0. The summed E-state index contributed by atoms with van der Waals surface area (Å²) < 4.78 is 14.8. The number of halogens is 1. The van der Waals surface area contributed by atoms with Gasteiger partial charge in [0.2, 0.25) is 0 Å². The molecule has 0 aliphatic carbocycles. The van der Waals surface area contributed by atoms with Crippen molar-refractivity contribution < 1.29 is 9.50 Å². The Morgan fingerprint density at radius 1 is 1.05 bits per heavy atom. The summed E-state index contributed by atoms with van der Waals surface area (Å²) in [5.74, 6) is 0.329. The van der Waals surface area contributed by atoms with E-state index in [4.69, 9.17) is 0 Å². The van der Waals surface area contributed by atoms with Crippen molar-refractivity contribution in [2.75, 3.05) is 0 Å². The molecule has 19 heavy (non-hydrogen) atoms. The number of rotatable bonds is 5. The molecule has 1 nitrogen and oxygen atoms in total. The van der Waals surface area contributed by atoms with Crippen molar-refractivity contribution in [1.82, 2.24) is 0 Å². The fraction of sp³-hybridized carbons (Fsp3) is 0.647. The Labute approximate surface area is 116 Å². The standard InChI is InChI=1S/C17H27FO/c1-7-8-13-14(10(2)3)9-15(11(4)5)16(12(6)19)17(13)18/h9-12,19H,7-8H2,1-6H3. The Morgan fingerprint density at radius 3 is 1.95 bits per heavy atom. The van der Waals surface area contributed by atoms with Crippen LogP contribution in [0, 0.1) is 5.82 Å². The van der Waals surface area contributed by atoms with Gasteiger partial charge in [0.15, 0.2) is 0 Å². The Hall–Kier alpha value is -0.890. The number of hydrogen-bond acceptors (Lipinski definition) is 1. The van der Waals surface area contributed by atoms with Gasteiger partial charge in [-0.05, 0) is 41.9 Å². The molecule has 0 aliphatic rings. The molecular weight excluding hydrogens is 239 g/mol. The fourth-order valence-corrected chi connectivity index (χ4v) is 2.67. The third kappa shape index (κ3) is 3.36. The van der Waals surface area contributed by atoms with Crippen molar-refractivity contribution in [1.29, 1.82) is 0 Å². The highest BCUT2D eigenvalue weighted by Crippen LogP contribution is 2.35. The Morgan fingerprint density at radius 2 is 1.58 bits per heavy atom. The largest absolute Gasteiger partial charge is 0.389 e. The number of hydrogen-bond donors (Lipinski definition) is 1. The highest BCUT2D eigenvalue weighted by Gasteiger charge is 2.23. The van der Waals surface area contributed by atoms with Gasteiger partial charge in [-0.25, -0.2) is 4.39 Å². The van der Waals surface area contributed by atoms with Crippen molar-refractivity contribution in [2.45, 2.75) is 72.3 Å². The first-order valence-corrected chi connectivity index (χ1v) is 7.34. The second-order valence-electron chi connectivity index (χ2n) is 6.00. The van der Waals surface area contributed by atoms with E-state index >= 15 is 0 Å². The maximum Gasteiger partial charge on any atom is 0.132 e. The summed E-state index contributed by atoms with van der Waals surface area (Å²) in [5.41, 5.74) is 3.31. The van der Waals surface area contributed by atoms with Gasteiger partial charge in [-0.3, -0.25) is 0 Å². The summed E-state index contributed by atoms with van der Waals surface area (Å²) in [6.07, 6.45) is 0.892. The van der Waals surface area contributed by atoms with E-state index in [1.54, 1.807) is 6.92 Å². The SMILES string of the molecule is CCCc1c(C(C)C)cc(C(C)C)c(C(C)O)c1F. The van der Waals surface area contributed by atoms with Gasteiger partial charge < -0.3 is 5.11 Å². The van der Waals surface area contributed by atoms with E-state index < -0.39 is 6.10 Å². The molecule has 0 saturated heterocycles. The lowest BCUT2D eigenvalue weighted by molar-refractivity contribution is 0.192. The average Bonchev–Trinajstić information content (AvgIpc) is 2.29. The smallest absolute Gasteiger partial charge is 0.132 e. The molecule has 0 saturated carbocycles. The van der Waals surface area contributed by atoms with Crippen molar-refractivity contribution in [3.8, 4) is 0 Å².